The van der Waals surface area contributed by atoms with E-state index in [-0.39, 0.29) is 5.41 Å². The van der Waals surface area contributed by atoms with Gasteiger partial charge in [0.15, 0.2) is 11.5 Å². The number of rotatable bonds is 8. The second kappa shape index (κ2) is 7.39. The summed E-state index contributed by atoms with van der Waals surface area (Å²) < 4.78 is 11.2. The van der Waals surface area contributed by atoms with Crippen molar-refractivity contribution in [3.8, 4) is 11.5 Å². The van der Waals surface area contributed by atoms with Gasteiger partial charge in [-0.2, -0.15) is 0 Å². The molecule has 0 amide bonds. The summed E-state index contributed by atoms with van der Waals surface area (Å²) >= 11 is 0. The lowest BCUT2D eigenvalue weighted by Gasteiger charge is -2.33. The van der Waals surface area contributed by atoms with E-state index in [1.54, 1.807) is 7.11 Å². The fourth-order valence-corrected chi connectivity index (χ4v) is 2.12. The minimum absolute atomic E-state index is 0.247. The van der Waals surface area contributed by atoms with Crippen molar-refractivity contribution in [2.24, 2.45) is 11.3 Å². The average molecular weight is 265 g/mol. The Bertz CT molecular complexity index is 379. The molecule has 0 aliphatic carbocycles. The van der Waals surface area contributed by atoms with Crippen LogP contribution in [-0.4, -0.2) is 27.3 Å². The Kier molecular flexibility index (Phi) is 6.16. The van der Waals surface area contributed by atoms with Crippen LogP contribution in [0.15, 0.2) is 24.3 Å². The van der Waals surface area contributed by atoms with Crippen molar-refractivity contribution in [1.29, 1.82) is 0 Å². The molecule has 0 spiro atoms. The molecule has 3 heteroatoms. The van der Waals surface area contributed by atoms with Crippen LogP contribution in [0.25, 0.3) is 0 Å². The quantitative estimate of drug-likeness (QED) is 0.782. The molecule has 3 nitrogen and oxygen atoms in total. The summed E-state index contributed by atoms with van der Waals surface area (Å²) in [5.74, 6) is 2.23. The van der Waals surface area contributed by atoms with Gasteiger partial charge < -0.3 is 14.8 Å². The number of para-hydroxylation sites is 2. The van der Waals surface area contributed by atoms with Crippen molar-refractivity contribution >= 4 is 0 Å². The normalized spacial score (nSPS) is 14.2. The van der Waals surface area contributed by atoms with Crippen molar-refractivity contribution in [2.45, 2.75) is 27.2 Å². The summed E-state index contributed by atoms with van der Waals surface area (Å²) in [6, 6.07) is 7.78. The first-order chi connectivity index (χ1) is 9.03. The zero-order chi connectivity index (χ0) is 14.3. The van der Waals surface area contributed by atoms with E-state index < -0.39 is 0 Å². The predicted octanol–water partition coefficient (Wildman–Crippen LogP) is 3.35. The Morgan fingerprint density at radius 1 is 1.21 bits per heavy atom. The van der Waals surface area contributed by atoms with Crippen LogP contribution in [0.1, 0.15) is 27.2 Å². The van der Waals surface area contributed by atoms with Crippen LogP contribution in [0, 0.1) is 11.3 Å². The zero-order valence-corrected chi connectivity index (χ0v) is 12.8. The standard InChI is InChI=1S/C16H27NO2/c1-13(2)16(3,12-17-4)10-11-19-15-9-7-6-8-14(15)18-5/h6-9,13,17H,10-12H2,1-5H3. The molecular formula is C16H27NO2. The molecule has 108 valence electrons. The number of methoxy groups -OCH3 is 1. The van der Waals surface area contributed by atoms with Gasteiger partial charge in [-0.25, -0.2) is 0 Å². The van der Waals surface area contributed by atoms with Crippen LogP contribution < -0.4 is 14.8 Å². The lowest BCUT2D eigenvalue weighted by Crippen LogP contribution is -2.35. The fraction of sp³-hybridized carbons (Fsp3) is 0.625. The first-order valence-electron chi connectivity index (χ1n) is 6.94. The second-order valence-corrected chi connectivity index (χ2v) is 5.59. The van der Waals surface area contributed by atoms with Gasteiger partial charge in [-0.15, -0.1) is 0 Å². The monoisotopic (exact) mass is 265 g/mol. The fourth-order valence-electron chi connectivity index (χ4n) is 2.12. The van der Waals surface area contributed by atoms with Crippen molar-refractivity contribution in [3.63, 3.8) is 0 Å². The summed E-state index contributed by atoms with van der Waals surface area (Å²) in [5.41, 5.74) is 0.247. The van der Waals surface area contributed by atoms with Gasteiger partial charge in [-0.05, 0) is 36.9 Å². The van der Waals surface area contributed by atoms with E-state index >= 15 is 0 Å². The lowest BCUT2D eigenvalue weighted by molar-refractivity contribution is 0.151. The molecule has 0 saturated carbocycles. The highest BCUT2D eigenvalue weighted by Gasteiger charge is 2.27. The predicted molar refractivity (Wildman–Crippen MR) is 80.0 cm³/mol. The van der Waals surface area contributed by atoms with Crippen LogP contribution >= 0.6 is 0 Å². The van der Waals surface area contributed by atoms with Gasteiger partial charge in [0.25, 0.3) is 0 Å². The summed E-state index contributed by atoms with van der Waals surface area (Å²) in [5, 5.41) is 3.28. The number of nitrogens with one attached hydrogen (secondary N) is 1. The van der Waals surface area contributed by atoms with Gasteiger partial charge in [-0.1, -0.05) is 32.9 Å². The number of benzene rings is 1. The Labute approximate surface area is 117 Å². The van der Waals surface area contributed by atoms with Gasteiger partial charge in [0.1, 0.15) is 0 Å². The number of hydrogen-bond acceptors (Lipinski definition) is 3. The van der Waals surface area contributed by atoms with Gasteiger partial charge in [-0.3, -0.25) is 0 Å². The Hall–Kier alpha value is -1.22. The van der Waals surface area contributed by atoms with Gasteiger partial charge in [0.05, 0.1) is 13.7 Å². The maximum Gasteiger partial charge on any atom is 0.161 e. The highest BCUT2D eigenvalue weighted by atomic mass is 16.5. The first kappa shape index (κ1) is 15.8. The molecule has 0 heterocycles. The smallest absolute Gasteiger partial charge is 0.161 e. The van der Waals surface area contributed by atoms with Gasteiger partial charge >= 0.3 is 0 Å². The minimum Gasteiger partial charge on any atom is -0.493 e. The Morgan fingerprint density at radius 2 is 1.84 bits per heavy atom. The summed E-state index contributed by atoms with van der Waals surface area (Å²) in [6.07, 6.45) is 1.02. The lowest BCUT2D eigenvalue weighted by atomic mass is 9.76. The van der Waals surface area contributed by atoms with Crippen LogP contribution in [0.2, 0.25) is 0 Å². The first-order valence-corrected chi connectivity index (χ1v) is 6.94. The molecular weight excluding hydrogens is 238 g/mol. The van der Waals surface area contributed by atoms with E-state index in [4.69, 9.17) is 9.47 Å². The molecule has 0 aliphatic heterocycles. The third-order valence-corrected chi connectivity index (χ3v) is 3.97. The molecule has 1 atom stereocenters. The van der Waals surface area contributed by atoms with E-state index in [0.717, 1.165) is 24.5 Å². The molecule has 1 rings (SSSR count). The van der Waals surface area contributed by atoms with Crippen LogP contribution in [0.4, 0.5) is 0 Å². The SMILES string of the molecule is CNCC(C)(CCOc1ccccc1OC)C(C)C. The highest BCUT2D eigenvalue weighted by Crippen LogP contribution is 2.31. The van der Waals surface area contributed by atoms with Gasteiger partial charge in [0, 0.05) is 6.54 Å². The second-order valence-electron chi connectivity index (χ2n) is 5.59. The van der Waals surface area contributed by atoms with Crippen LogP contribution in [0.5, 0.6) is 11.5 Å². The largest absolute Gasteiger partial charge is 0.493 e. The molecule has 1 aromatic carbocycles. The minimum atomic E-state index is 0.247. The molecule has 0 saturated heterocycles. The summed E-state index contributed by atoms with van der Waals surface area (Å²) in [4.78, 5) is 0. The third kappa shape index (κ3) is 4.43. The molecule has 19 heavy (non-hydrogen) atoms. The van der Waals surface area contributed by atoms with Crippen molar-refractivity contribution < 1.29 is 9.47 Å². The number of ether oxygens (including phenoxy) is 2. The Morgan fingerprint density at radius 3 is 2.37 bits per heavy atom. The topological polar surface area (TPSA) is 30.5 Å². The molecule has 0 radical (unpaired) electrons. The van der Waals surface area contributed by atoms with Crippen molar-refractivity contribution in [3.05, 3.63) is 24.3 Å². The molecule has 0 bridgehead atoms. The molecule has 0 aromatic heterocycles. The molecule has 0 aliphatic rings. The molecule has 1 N–H and O–H groups in total. The van der Waals surface area contributed by atoms with E-state index in [1.807, 2.05) is 31.3 Å². The maximum absolute atomic E-state index is 5.87. The van der Waals surface area contributed by atoms with Crippen molar-refractivity contribution in [1.82, 2.24) is 5.32 Å². The maximum atomic E-state index is 5.87. The van der Waals surface area contributed by atoms with Crippen LogP contribution in [-0.2, 0) is 0 Å². The highest BCUT2D eigenvalue weighted by molar-refractivity contribution is 5.39. The summed E-state index contributed by atoms with van der Waals surface area (Å²) in [7, 11) is 3.67. The molecule has 1 aromatic rings. The third-order valence-electron chi connectivity index (χ3n) is 3.97. The van der Waals surface area contributed by atoms with Gasteiger partial charge in [0.2, 0.25) is 0 Å². The average Bonchev–Trinajstić information content (AvgIpc) is 2.39. The van der Waals surface area contributed by atoms with Crippen molar-refractivity contribution in [2.75, 3.05) is 27.3 Å². The van der Waals surface area contributed by atoms with E-state index in [1.165, 1.54) is 0 Å². The van der Waals surface area contributed by atoms with E-state index in [0.29, 0.717) is 12.5 Å². The Balaban J connectivity index is 2.57. The molecule has 1 unspecified atom stereocenters. The zero-order valence-electron chi connectivity index (χ0n) is 12.8. The number of hydrogen-bond donors (Lipinski definition) is 1. The van der Waals surface area contributed by atoms with E-state index in [9.17, 15) is 0 Å². The van der Waals surface area contributed by atoms with E-state index in [2.05, 4.69) is 26.1 Å². The van der Waals surface area contributed by atoms with Crippen LogP contribution in [0.3, 0.4) is 0 Å². The molecule has 0 fully saturated rings. The summed E-state index contributed by atoms with van der Waals surface area (Å²) in [6.45, 7) is 8.54.